The number of halogens is 1. The zero-order chi connectivity index (χ0) is 19.1. The van der Waals surface area contributed by atoms with E-state index < -0.39 is 5.97 Å². The lowest BCUT2D eigenvalue weighted by atomic mass is 10.2. The first-order chi connectivity index (χ1) is 12.5. The van der Waals surface area contributed by atoms with E-state index in [0.29, 0.717) is 22.1 Å². The van der Waals surface area contributed by atoms with Gasteiger partial charge in [0, 0.05) is 23.7 Å². The molecule has 26 heavy (non-hydrogen) atoms. The molecule has 0 bridgehead atoms. The van der Waals surface area contributed by atoms with Gasteiger partial charge < -0.3 is 15.3 Å². The maximum Gasteiger partial charge on any atom is 0.339 e. The molecule has 1 amide bonds. The number of carbonyl (C=O) groups excluding carboxylic acids is 1. The molecular weight excluding hydrogens is 354 g/mol. The van der Waals surface area contributed by atoms with E-state index in [4.69, 9.17) is 11.6 Å². The van der Waals surface area contributed by atoms with Crippen molar-refractivity contribution in [3.63, 3.8) is 0 Å². The molecule has 0 atom stereocenters. The third kappa shape index (κ3) is 4.95. The number of nitrogens with zero attached hydrogens (tertiary/aromatic N) is 2. The highest BCUT2D eigenvalue weighted by Gasteiger charge is 2.18. The van der Waals surface area contributed by atoms with Crippen LogP contribution in [0, 0.1) is 0 Å². The topological polar surface area (TPSA) is 82.5 Å². The maximum absolute atomic E-state index is 12.3. The van der Waals surface area contributed by atoms with Gasteiger partial charge >= 0.3 is 5.97 Å². The van der Waals surface area contributed by atoms with Crippen LogP contribution in [0.2, 0.25) is 5.02 Å². The van der Waals surface area contributed by atoms with Gasteiger partial charge in [0.15, 0.2) is 0 Å². The SMILES string of the molecule is CCCN(CCC)c1ncc(NC(=O)c2ccc(Cl)cc2)cc1C(=O)O. The van der Waals surface area contributed by atoms with Crippen molar-refractivity contribution < 1.29 is 14.7 Å². The number of hydrogen-bond donors (Lipinski definition) is 2. The maximum atomic E-state index is 12.3. The fourth-order valence-corrected chi connectivity index (χ4v) is 2.73. The summed E-state index contributed by atoms with van der Waals surface area (Å²) in [5, 5.41) is 12.8. The molecule has 1 aromatic carbocycles. The van der Waals surface area contributed by atoms with E-state index in [9.17, 15) is 14.7 Å². The van der Waals surface area contributed by atoms with Gasteiger partial charge in [-0.3, -0.25) is 4.79 Å². The Morgan fingerprint density at radius 1 is 1.15 bits per heavy atom. The molecule has 1 aromatic heterocycles. The Morgan fingerprint density at radius 2 is 1.77 bits per heavy atom. The van der Waals surface area contributed by atoms with Crippen molar-refractivity contribution in [3.05, 3.63) is 52.7 Å². The third-order valence-corrected chi connectivity index (χ3v) is 4.00. The highest BCUT2D eigenvalue weighted by molar-refractivity contribution is 6.30. The van der Waals surface area contributed by atoms with Crippen LogP contribution in [0.4, 0.5) is 11.5 Å². The number of aromatic nitrogens is 1. The molecule has 0 radical (unpaired) electrons. The van der Waals surface area contributed by atoms with E-state index >= 15 is 0 Å². The summed E-state index contributed by atoms with van der Waals surface area (Å²) in [6, 6.07) is 7.88. The van der Waals surface area contributed by atoms with Crippen LogP contribution >= 0.6 is 11.6 Å². The predicted octanol–water partition coefficient (Wildman–Crippen LogP) is 4.31. The number of carbonyl (C=O) groups is 2. The van der Waals surface area contributed by atoms with Crippen LogP contribution in [-0.2, 0) is 0 Å². The summed E-state index contributed by atoms with van der Waals surface area (Å²) >= 11 is 5.82. The smallest absolute Gasteiger partial charge is 0.339 e. The molecule has 0 aliphatic carbocycles. The number of hydrogen-bond acceptors (Lipinski definition) is 4. The molecule has 138 valence electrons. The second kappa shape index (κ2) is 9.20. The van der Waals surface area contributed by atoms with Crippen LogP contribution in [0.5, 0.6) is 0 Å². The summed E-state index contributed by atoms with van der Waals surface area (Å²) in [7, 11) is 0. The molecule has 2 aromatic rings. The highest BCUT2D eigenvalue weighted by Crippen LogP contribution is 2.23. The van der Waals surface area contributed by atoms with Gasteiger partial charge in [0.2, 0.25) is 0 Å². The first-order valence-corrected chi connectivity index (χ1v) is 8.89. The van der Waals surface area contributed by atoms with E-state index in [0.717, 1.165) is 25.9 Å². The van der Waals surface area contributed by atoms with Gasteiger partial charge in [0.25, 0.3) is 5.91 Å². The van der Waals surface area contributed by atoms with Gasteiger partial charge in [0.05, 0.1) is 11.9 Å². The van der Waals surface area contributed by atoms with Crippen LogP contribution in [-0.4, -0.2) is 35.1 Å². The lowest BCUT2D eigenvalue weighted by Gasteiger charge is -2.24. The minimum atomic E-state index is -1.08. The largest absolute Gasteiger partial charge is 0.478 e. The van der Waals surface area contributed by atoms with Crippen molar-refractivity contribution in [2.45, 2.75) is 26.7 Å². The lowest BCUT2D eigenvalue weighted by molar-refractivity contribution is 0.0696. The van der Waals surface area contributed by atoms with Gasteiger partial charge in [-0.2, -0.15) is 0 Å². The molecule has 2 N–H and O–H groups in total. The van der Waals surface area contributed by atoms with Crippen molar-refractivity contribution in [1.29, 1.82) is 0 Å². The Kier molecular flexibility index (Phi) is 6.97. The number of carboxylic acids is 1. The average Bonchev–Trinajstić information content (AvgIpc) is 2.62. The molecule has 7 heteroatoms. The van der Waals surface area contributed by atoms with Crippen molar-refractivity contribution in [2.24, 2.45) is 0 Å². The number of carboxylic acid groups (broad SMARTS) is 1. The molecule has 0 saturated carbocycles. The summed E-state index contributed by atoms with van der Waals surface area (Å²) in [5.74, 6) is -1.01. The van der Waals surface area contributed by atoms with Crippen molar-refractivity contribution >= 4 is 35.0 Å². The molecule has 0 unspecified atom stereocenters. The summed E-state index contributed by atoms with van der Waals surface area (Å²) in [6.45, 7) is 5.50. The standard InChI is InChI=1S/C19H22ClN3O3/c1-3-9-23(10-4-2)17-16(19(25)26)11-15(12-21-17)22-18(24)13-5-7-14(20)8-6-13/h5-8,11-12H,3-4,9-10H2,1-2H3,(H,22,24)(H,25,26). The predicted molar refractivity (Wildman–Crippen MR) is 103 cm³/mol. The fourth-order valence-electron chi connectivity index (χ4n) is 2.60. The van der Waals surface area contributed by atoms with Gasteiger partial charge in [0.1, 0.15) is 11.4 Å². The Morgan fingerprint density at radius 3 is 2.31 bits per heavy atom. The van der Waals surface area contributed by atoms with Gasteiger partial charge in [-0.1, -0.05) is 25.4 Å². The van der Waals surface area contributed by atoms with Gasteiger partial charge in [-0.05, 0) is 43.2 Å². The Balaban J connectivity index is 2.28. The molecule has 0 aliphatic rings. The normalized spacial score (nSPS) is 10.4. The molecule has 2 rings (SSSR count). The van der Waals surface area contributed by atoms with Crippen LogP contribution in [0.25, 0.3) is 0 Å². The van der Waals surface area contributed by atoms with Crippen molar-refractivity contribution in [2.75, 3.05) is 23.3 Å². The monoisotopic (exact) mass is 375 g/mol. The van der Waals surface area contributed by atoms with Crippen LogP contribution < -0.4 is 10.2 Å². The van der Waals surface area contributed by atoms with Crippen LogP contribution in [0.1, 0.15) is 47.4 Å². The summed E-state index contributed by atoms with van der Waals surface area (Å²) in [5.41, 5.74) is 0.828. The van der Waals surface area contributed by atoms with Gasteiger partial charge in [-0.25, -0.2) is 9.78 Å². The molecule has 1 heterocycles. The van der Waals surface area contributed by atoms with E-state index in [-0.39, 0.29) is 11.5 Å². The number of pyridine rings is 1. The van der Waals surface area contributed by atoms with Crippen LogP contribution in [0.3, 0.4) is 0 Å². The second-order valence-electron chi connectivity index (χ2n) is 5.85. The average molecular weight is 376 g/mol. The fraction of sp³-hybridized carbons (Fsp3) is 0.316. The molecule has 0 aliphatic heterocycles. The number of aromatic carboxylic acids is 1. The Labute approximate surface area is 157 Å². The zero-order valence-electron chi connectivity index (χ0n) is 14.8. The Hall–Kier alpha value is -2.60. The van der Waals surface area contributed by atoms with E-state index in [1.807, 2.05) is 18.7 Å². The van der Waals surface area contributed by atoms with Crippen molar-refractivity contribution in [3.8, 4) is 0 Å². The lowest BCUT2D eigenvalue weighted by Crippen LogP contribution is -2.28. The summed E-state index contributed by atoms with van der Waals surface area (Å²) < 4.78 is 0. The summed E-state index contributed by atoms with van der Waals surface area (Å²) in [4.78, 5) is 30.2. The first kappa shape index (κ1) is 19.7. The van der Waals surface area contributed by atoms with Crippen molar-refractivity contribution in [1.82, 2.24) is 4.98 Å². The number of anilines is 2. The van der Waals surface area contributed by atoms with E-state index in [1.165, 1.54) is 12.3 Å². The number of rotatable bonds is 8. The summed E-state index contributed by atoms with van der Waals surface area (Å²) in [6.07, 6.45) is 3.25. The van der Waals surface area contributed by atoms with Crippen LogP contribution in [0.15, 0.2) is 36.5 Å². The molecular formula is C19H22ClN3O3. The minimum Gasteiger partial charge on any atom is -0.478 e. The minimum absolute atomic E-state index is 0.0702. The molecule has 0 saturated heterocycles. The number of benzene rings is 1. The quantitative estimate of drug-likeness (QED) is 0.718. The number of nitrogens with one attached hydrogen (secondary N) is 1. The molecule has 0 spiro atoms. The first-order valence-electron chi connectivity index (χ1n) is 8.51. The zero-order valence-corrected chi connectivity index (χ0v) is 15.6. The highest BCUT2D eigenvalue weighted by atomic mass is 35.5. The van der Waals surface area contributed by atoms with Gasteiger partial charge in [-0.15, -0.1) is 0 Å². The third-order valence-electron chi connectivity index (χ3n) is 3.75. The number of amides is 1. The molecule has 6 nitrogen and oxygen atoms in total. The van der Waals surface area contributed by atoms with E-state index in [2.05, 4.69) is 10.3 Å². The molecule has 0 fully saturated rings. The second-order valence-corrected chi connectivity index (χ2v) is 6.28. The Bertz CT molecular complexity index is 772. The van der Waals surface area contributed by atoms with E-state index in [1.54, 1.807) is 24.3 Å².